The van der Waals surface area contributed by atoms with Gasteiger partial charge in [0, 0.05) is 12.0 Å². The Labute approximate surface area is 123 Å². The Morgan fingerprint density at radius 3 is 2.38 bits per heavy atom. The van der Waals surface area contributed by atoms with Crippen molar-refractivity contribution in [3.8, 4) is 0 Å². The zero-order chi connectivity index (χ0) is 15.7. The lowest BCUT2D eigenvalue weighted by atomic mass is 10.0. The summed E-state index contributed by atoms with van der Waals surface area (Å²) in [6.45, 7) is 2.11. The highest BCUT2D eigenvalue weighted by molar-refractivity contribution is 5.97. The van der Waals surface area contributed by atoms with Crippen molar-refractivity contribution in [3.05, 3.63) is 41.5 Å². The van der Waals surface area contributed by atoms with E-state index in [-0.39, 0.29) is 31.0 Å². The molecule has 1 rings (SSSR count). The number of aliphatic carboxylic acids is 1. The van der Waals surface area contributed by atoms with E-state index in [0.29, 0.717) is 12.2 Å². The highest BCUT2D eigenvalue weighted by atomic mass is 16.5. The summed E-state index contributed by atoms with van der Waals surface area (Å²) in [6, 6.07) is 6.79. The van der Waals surface area contributed by atoms with E-state index in [0.717, 1.165) is 5.56 Å². The summed E-state index contributed by atoms with van der Waals surface area (Å²) in [7, 11) is 0. The van der Waals surface area contributed by atoms with Crippen LogP contribution in [0.3, 0.4) is 0 Å². The van der Waals surface area contributed by atoms with Crippen LogP contribution in [0.1, 0.15) is 42.1 Å². The third-order valence-corrected chi connectivity index (χ3v) is 2.70. The van der Waals surface area contributed by atoms with Gasteiger partial charge in [-0.1, -0.05) is 36.4 Å². The first-order chi connectivity index (χ1) is 10.0. The fourth-order valence-electron chi connectivity index (χ4n) is 1.66. The minimum absolute atomic E-state index is 0.00657. The smallest absolute Gasteiger partial charge is 0.309 e. The van der Waals surface area contributed by atoms with Gasteiger partial charge in [0.2, 0.25) is 0 Å². The average molecular weight is 290 g/mol. The highest BCUT2D eigenvalue weighted by Crippen LogP contribution is 2.10. The summed E-state index contributed by atoms with van der Waals surface area (Å²) in [6.07, 6.45) is 3.49. The normalized spacial score (nSPS) is 10.5. The summed E-state index contributed by atoms with van der Waals surface area (Å²) in [4.78, 5) is 33.2. The van der Waals surface area contributed by atoms with Gasteiger partial charge in [-0.2, -0.15) is 0 Å². The van der Waals surface area contributed by atoms with Crippen LogP contribution in [-0.2, 0) is 14.3 Å². The van der Waals surface area contributed by atoms with Crippen LogP contribution in [0.15, 0.2) is 30.3 Å². The molecule has 21 heavy (non-hydrogen) atoms. The van der Waals surface area contributed by atoms with E-state index in [1.54, 1.807) is 43.3 Å². The Bertz CT molecular complexity index is 528. The van der Waals surface area contributed by atoms with Crippen molar-refractivity contribution in [2.75, 3.05) is 6.61 Å². The molecule has 0 heterocycles. The zero-order valence-electron chi connectivity index (χ0n) is 11.9. The molecule has 0 spiro atoms. The van der Waals surface area contributed by atoms with E-state index in [4.69, 9.17) is 9.84 Å². The molecule has 0 amide bonds. The van der Waals surface area contributed by atoms with Gasteiger partial charge >= 0.3 is 11.9 Å². The van der Waals surface area contributed by atoms with Crippen molar-refractivity contribution in [2.45, 2.75) is 26.2 Å². The molecule has 0 unspecified atom stereocenters. The standard InChI is InChI=1S/C16H18O5/c1-2-21-16(20)5-3-4-12-6-8-13(9-7-12)14(17)10-11-15(18)19/h3-4,6-9H,2,5,10-11H2,1H3,(H,18,19). The quantitative estimate of drug-likeness (QED) is 0.588. The Kier molecular flexibility index (Phi) is 6.87. The highest BCUT2D eigenvalue weighted by Gasteiger charge is 2.07. The van der Waals surface area contributed by atoms with Gasteiger partial charge in [0.05, 0.1) is 19.4 Å². The second kappa shape index (κ2) is 8.68. The molecule has 0 aliphatic heterocycles. The second-order valence-corrected chi connectivity index (χ2v) is 4.35. The largest absolute Gasteiger partial charge is 0.481 e. The van der Waals surface area contributed by atoms with Crippen LogP contribution < -0.4 is 0 Å². The molecule has 0 atom stereocenters. The lowest BCUT2D eigenvalue weighted by Crippen LogP contribution is -2.03. The van der Waals surface area contributed by atoms with Gasteiger partial charge in [0.15, 0.2) is 5.78 Å². The molecule has 0 bridgehead atoms. The first kappa shape index (κ1) is 16.6. The number of ether oxygens (including phenoxy) is 1. The molecule has 0 radical (unpaired) electrons. The number of carboxylic acids is 1. The fraction of sp³-hybridized carbons (Fsp3) is 0.312. The predicted molar refractivity (Wildman–Crippen MR) is 77.9 cm³/mol. The number of esters is 1. The lowest BCUT2D eigenvalue weighted by molar-refractivity contribution is -0.142. The molecule has 1 N–H and O–H groups in total. The van der Waals surface area contributed by atoms with Crippen molar-refractivity contribution in [3.63, 3.8) is 0 Å². The van der Waals surface area contributed by atoms with Crippen molar-refractivity contribution in [1.82, 2.24) is 0 Å². The third kappa shape index (κ3) is 6.51. The number of benzene rings is 1. The summed E-state index contributed by atoms with van der Waals surface area (Å²) in [5, 5.41) is 8.53. The molecule has 5 heteroatoms. The van der Waals surface area contributed by atoms with E-state index in [1.165, 1.54) is 0 Å². The number of rotatable bonds is 8. The number of carbonyl (C=O) groups is 3. The van der Waals surface area contributed by atoms with Gasteiger partial charge in [-0.05, 0) is 12.5 Å². The van der Waals surface area contributed by atoms with Crippen molar-refractivity contribution in [1.29, 1.82) is 0 Å². The Morgan fingerprint density at radius 2 is 1.81 bits per heavy atom. The molecule has 1 aromatic rings. The minimum Gasteiger partial charge on any atom is -0.481 e. The van der Waals surface area contributed by atoms with Crippen LogP contribution in [0.2, 0.25) is 0 Å². The maximum Gasteiger partial charge on any atom is 0.309 e. The Balaban J connectivity index is 2.53. The van der Waals surface area contributed by atoms with E-state index in [2.05, 4.69) is 0 Å². The monoisotopic (exact) mass is 290 g/mol. The van der Waals surface area contributed by atoms with Gasteiger partial charge in [-0.15, -0.1) is 0 Å². The molecular formula is C16H18O5. The maximum absolute atomic E-state index is 11.7. The van der Waals surface area contributed by atoms with Gasteiger partial charge < -0.3 is 9.84 Å². The van der Waals surface area contributed by atoms with Gasteiger partial charge in [-0.25, -0.2) is 0 Å². The van der Waals surface area contributed by atoms with Crippen molar-refractivity contribution in [2.24, 2.45) is 0 Å². The fourth-order valence-corrected chi connectivity index (χ4v) is 1.66. The van der Waals surface area contributed by atoms with E-state index in [1.807, 2.05) is 0 Å². The maximum atomic E-state index is 11.7. The van der Waals surface area contributed by atoms with Crippen LogP contribution in [0.4, 0.5) is 0 Å². The van der Waals surface area contributed by atoms with E-state index >= 15 is 0 Å². The Hall–Kier alpha value is -2.43. The number of ketones is 1. The summed E-state index contributed by atoms with van der Waals surface area (Å²) < 4.78 is 4.79. The molecular weight excluding hydrogens is 272 g/mol. The topological polar surface area (TPSA) is 80.7 Å². The van der Waals surface area contributed by atoms with Crippen LogP contribution in [0.5, 0.6) is 0 Å². The number of hydrogen-bond donors (Lipinski definition) is 1. The molecule has 112 valence electrons. The minimum atomic E-state index is -0.984. The first-order valence-corrected chi connectivity index (χ1v) is 6.70. The van der Waals surface area contributed by atoms with Gasteiger partial charge in [0.25, 0.3) is 0 Å². The SMILES string of the molecule is CCOC(=O)CC=Cc1ccc(C(=O)CCC(=O)O)cc1. The molecule has 0 aliphatic carbocycles. The van der Waals surface area contributed by atoms with E-state index in [9.17, 15) is 14.4 Å². The van der Waals surface area contributed by atoms with Crippen LogP contribution >= 0.6 is 0 Å². The van der Waals surface area contributed by atoms with Crippen LogP contribution in [0, 0.1) is 0 Å². The Morgan fingerprint density at radius 1 is 1.14 bits per heavy atom. The van der Waals surface area contributed by atoms with Crippen LogP contribution in [0.25, 0.3) is 6.08 Å². The molecule has 0 saturated carbocycles. The summed E-state index contributed by atoms with van der Waals surface area (Å²) >= 11 is 0. The summed E-state index contributed by atoms with van der Waals surface area (Å²) in [5.74, 6) is -1.46. The number of carbonyl (C=O) groups excluding carboxylic acids is 2. The molecule has 0 aromatic heterocycles. The molecule has 1 aromatic carbocycles. The summed E-state index contributed by atoms with van der Waals surface area (Å²) in [5.41, 5.74) is 1.34. The zero-order valence-corrected chi connectivity index (χ0v) is 11.9. The number of Topliss-reactive ketones (excluding diaryl/α,β-unsaturated/α-hetero) is 1. The first-order valence-electron chi connectivity index (χ1n) is 6.70. The lowest BCUT2D eigenvalue weighted by Gasteiger charge is -2.00. The predicted octanol–water partition coefficient (Wildman–Crippen LogP) is 2.70. The average Bonchev–Trinajstić information content (AvgIpc) is 2.45. The van der Waals surface area contributed by atoms with Gasteiger partial charge in [-0.3, -0.25) is 14.4 Å². The van der Waals surface area contributed by atoms with Crippen molar-refractivity contribution >= 4 is 23.8 Å². The molecule has 0 aliphatic rings. The number of carboxylic acid groups (broad SMARTS) is 1. The van der Waals surface area contributed by atoms with Crippen molar-refractivity contribution < 1.29 is 24.2 Å². The van der Waals surface area contributed by atoms with E-state index < -0.39 is 5.97 Å². The van der Waals surface area contributed by atoms with Gasteiger partial charge in [0.1, 0.15) is 0 Å². The third-order valence-electron chi connectivity index (χ3n) is 2.70. The molecule has 0 saturated heterocycles. The van der Waals surface area contributed by atoms with Crippen LogP contribution in [-0.4, -0.2) is 29.4 Å². The molecule has 5 nitrogen and oxygen atoms in total. The second-order valence-electron chi connectivity index (χ2n) is 4.35. The number of hydrogen-bond acceptors (Lipinski definition) is 4. The molecule has 0 fully saturated rings.